The van der Waals surface area contributed by atoms with Gasteiger partial charge in [0, 0.05) is 10.4 Å². The Morgan fingerprint density at radius 1 is 1.21 bits per heavy atom. The molecular weight excluding hydrogens is 406 g/mol. The Labute approximate surface area is 177 Å². The summed E-state index contributed by atoms with van der Waals surface area (Å²) in [5.41, 5.74) is 3.54. The third kappa shape index (κ3) is 4.06. The van der Waals surface area contributed by atoms with Gasteiger partial charge in [0.15, 0.2) is 0 Å². The topological polar surface area (TPSA) is 64.6 Å². The molecule has 0 bridgehead atoms. The molecule has 1 amide bonds. The molecule has 3 aromatic rings. The number of fused-ring (bicyclic) bond motifs is 1. The summed E-state index contributed by atoms with van der Waals surface area (Å²) in [4.78, 5) is 26.7. The van der Waals surface area contributed by atoms with E-state index in [1.54, 1.807) is 0 Å². The fourth-order valence-corrected chi connectivity index (χ4v) is 5.49. The lowest BCUT2D eigenvalue weighted by Gasteiger charge is -2.07. The molecule has 1 N–H and O–H groups in total. The average molecular weight is 428 g/mol. The number of carbonyl (C=O) groups excluding carboxylic acids is 2. The van der Waals surface area contributed by atoms with Crippen LogP contribution >= 0.6 is 22.7 Å². The van der Waals surface area contributed by atoms with Gasteiger partial charge in [-0.15, -0.1) is 22.7 Å². The van der Waals surface area contributed by atoms with Crippen molar-refractivity contribution in [3.63, 3.8) is 0 Å². The van der Waals surface area contributed by atoms with Gasteiger partial charge in [-0.05, 0) is 54.8 Å². The molecule has 2 aromatic heterocycles. The summed E-state index contributed by atoms with van der Waals surface area (Å²) in [6, 6.07) is 9.67. The zero-order valence-electron chi connectivity index (χ0n) is 16.2. The standard InChI is InChI=1S/C22H21NO4S2/c1-13-6-3-4-8-16(13)27-11-14-10-18(28-12-14)20(24)23-21-19(22(25)26-2)15-7-5-9-17(15)29-21/h3-4,6,8,10,12H,5,7,9,11H2,1-2H3,(H,23,24). The van der Waals surface area contributed by atoms with Crippen LogP contribution in [-0.4, -0.2) is 19.0 Å². The molecule has 0 unspecified atom stereocenters. The number of carbonyl (C=O) groups is 2. The second-order valence-electron chi connectivity index (χ2n) is 6.88. The molecule has 0 aliphatic heterocycles. The first kappa shape index (κ1) is 19.7. The van der Waals surface area contributed by atoms with Crippen LogP contribution in [0.1, 0.15) is 48.0 Å². The first-order chi connectivity index (χ1) is 14.1. The normalized spacial score (nSPS) is 12.5. The van der Waals surface area contributed by atoms with Crippen LogP contribution < -0.4 is 10.1 Å². The summed E-state index contributed by atoms with van der Waals surface area (Å²) in [6.45, 7) is 2.40. The zero-order chi connectivity index (χ0) is 20.4. The highest BCUT2D eigenvalue weighted by atomic mass is 32.1. The van der Waals surface area contributed by atoms with Crippen LogP contribution in [0.3, 0.4) is 0 Å². The molecular formula is C22H21NO4S2. The van der Waals surface area contributed by atoms with E-state index in [1.807, 2.05) is 42.6 Å². The Bertz CT molecular complexity index is 1070. The van der Waals surface area contributed by atoms with Crippen molar-refractivity contribution < 1.29 is 19.1 Å². The fourth-order valence-electron chi connectivity index (χ4n) is 3.42. The number of thiophene rings is 2. The number of hydrogen-bond acceptors (Lipinski definition) is 6. The number of benzene rings is 1. The molecule has 1 aliphatic carbocycles. The van der Waals surface area contributed by atoms with Crippen molar-refractivity contribution in [1.29, 1.82) is 0 Å². The van der Waals surface area contributed by atoms with Crippen molar-refractivity contribution in [1.82, 2.24) is 0 Å². The quantitative estimate of drug-likeness (QED) is 0.548. The van der Waals surface area contributed by atoms with Gasteiger partial charge in [0.05, 0.1) is 17.6 Å². The molecule has 1 aromatic carbocycles. The number of para-hydroxylation sites is 1. The highest BCUT2D eigenvalue weighted by Gasteiger charge is 2.28. The van der Waals surface area contributed by atoms with Gasteiger partial charge in [0.2, 0.25) is 0 Å². The van der Waals surface area contributed by atoms with E-state index in [2.05, 4.69) is 5.32 Å². The van der Waals surface area contributed by atoms with Crippen LogP contribution in [0, 0.1) is 6.92 Å². The number of aryl methyl sites for hydroxylation is 2. The van der Waals surface area contributed by atoms with E-state index in [0.29, 0.717) is 22.0 Å². The number of ether oxygens (including phenoxy) is 2. The Hall–Kier alpha value is -2.64. The maximum atomic E-state index is 12.8. The minimum Gasteiger partial charge on any atom is -0.489 e. The van der Waals surface area contributed by atoms with E-state index in [4.69, 9.17) is 9.47 Å². The molecule has 4 rings (SSSR count). The SMILES string of the molecule is COC(=O)c1c(NC(=O)c2cc(COc3ccccc3C)cs2)sc2c1CCC2. The van der Waals surface area contributed by atoms with E-state index >= 15 is 0 Å². The van der Waals surface area contributed by atoms with Crippen LogP contribution in [0.15, 0.2) is 35.7 Å². The van der Waals surface area contributed by atoms with Crippen molar-refractivity contribution in [3.05, 3.63) is 67.7 Å². The molecule has 0 spiro atoms. The predicted molar refractivity (Wildman–Crippen MR) is 115 cm³/mol. The van der Waals surface area contributed by atoms with Crippen LogP contribution in [0.4, 0.5) is 5.00 Å². The first-order valence-electron chi connectivity index (χ1n) is 9.37. The number of hydrogen-bond donors (Lipinski definition) is 1. The lowest BCUT2D eigenvalue weighted by atomic mass is 10.1. The van der Waals surface area contributed by atoms with E-state index in [0.717, 1.165) is 41.7 Å². The smallest absolute Gasteiger partial charge is 0.341 e. The van der Waals surface area contributed by atoms with Gasteiger partial charge in [-0.3, -0.25) is 4.79 Å². The van der Waals surface area contributed by atoms with Crippen LogP contribution in [0.5, 0.6) is 5.75 Å². The molecule has 0 atom stereocenters. The first-order valence-corrected chi connectivity index (χ1v) is 11.1. The van der Waals surface area contributed by atoms with Gasteiger partial charge in [-0.2, -0.15) is 0 Å². The zero-order valence-corrected chi connectivity index (χ0v) is 17.9. The summed E-state index contributed by atoms with van der Waals surface area (Å²) in [5, 5.41) is 5.42. The largest absolute Gasteiger partial charge is 0.489 e. The summed E-state index contributed by atoms with van der Waals surface area (Å²) in [6.07, 6.45) is 2.83. The minimum atomic E-state index is -0.391. The highest BCUT2D eigenvalue weighted by molar-refractivity contribution is 7.17. The lowest BCUT2D eigenvalue weighted by molar-refractivity contribution is 0.0601. The van der Waals surface area contributed by atoms with E-state index in [1.165, 1.54) is 34.7 Å². The number of anilines is 1. The molecule has 5 nitrogen and oxygen atoms in total. The summed E-state index contributed by atoms with van der Waals surface area (Å²) in [7, 11) is 1.37. The molecule has 2 heterocycles. The summed E-state index contributed by atoms with van der Waals surface area (Å²) >= 11 is 2.84. The van der Waals surface area contributed by atoms with Gasteiger partial charge in [-0.25, -0.2) is 4.79 Å². The van der Waals surface area contributed by atoms with Crippen LogP contribution in [-0.2, 0) is 24.2 Å². The van der Waals surface area contributed by atoms with Crippen molar-refractivity contribution in [2.45, 2.75) is 32.8 Å². The van der Waals surface area contributed by atoms with E-state index in [9.17, 15) is 9.59 Å². The van der Waals surface area contributed by atoms with Crippen molar-refractivity contribution in [2.24, 2.45) is 0 Å². The number of esters is 1. The lowest BCUT2D eigenvalue weighted by Crippen LogP contribution is -2.13. The molecule has 7 heteroatoms. The van der Waals surface area contributed by atoms with E-state index in [-0.39, 0.29) is 5.91 Å². The highest BCUT2D eigenvalue weighted by Crippen LogP contribution is 2.39. The van der Waals surface area contributed by atoms with Crippen molar-refractivity contribution in [3.8, 4) is 5.75 Å². The van der Waals surface area contributed by atoms with Gasteiger partial charge < -0.3 is 14.8 Å². The van der Waals surface area contributed by atoms with E-state index < -0.39 is 5.97 Å². The third-order valence-electron chi connectivity index (χ3n) is 4.90. The van der Waals surface area contributed by atoms with Gasteiger partial charge in [0.1, 0.15) is 17.4 Å². The summed E-state index contributed by atoms with van der Waals surface area (Å²) in [5.74, 6) is 0.223. The van der Waals surface area contributed by atoms with Gasteiger partial charge in [0.25, 0.3) is 5.91 Å². The van der Waals surface area contributed by atoms with Crippen molar-refractivity contribution >= 4 is 39.6 Å². The van der Waals surface area contributed by atoms with Crippen LogP contribution in [0.25, 0.3) is 0 Å². The maximum absolute atomic E-state index is 12.8. The van der Waals surface area contributed by atoms with Gasteiger partial charge in [-0.1, -0.05) is 18.2 Å². The summed E-state index contributed by atoms with van der Waals surface area (Å²) < 4.78 is 10.8. The monoisotopic (exact) mass is 427 g/mol. The maximum Gasteiger partial charge on any atom is 0.341 e. The minimum absolute atomic E-state index is 0.220. The Balaban J connectivity index is 1.46. The molecule has 0 radical (unpaired) electrons. The Morgan fingerprint density at radius 3 is 2.83 bits per heavy atom. The number of rotatable bonds is 6. The molecule has 0 saturated carbocycles. The molecule has 150 valence electrons. The Morgan fingerprint density at radius 2 is 2.03 bits per heavy atom. The number of nitrogens with one attached hydrogen (secondary N) is 1. The van der Waals surface area contributed by atoms with Crippen molar-refractivity contribution in [2.75, 3.05) is 12.4 Å². The fraction of sp³-hybridized carbons (Fsp3) is 0.273. The van der Waals surface area contributed by atoms with Crippen LogP contribution in [0.2, 0.25) is 0 Å². The number of amides is 1. The Kier molecular flexibility index (Phi) is 5.69. The second kappa shape index (κ2) is 8.39. The second-order valence-corrected chi connectivity index (χ2v) is 8.90. The third-order valence-corrected chi connectivity index (χ3v) is 7.09. The number of methoxy groups -OCH3 is 1. The molecule has 0 saturated heterocycles. The molecule has 1 aliphatic rings. The average Bonchev–Trinajstić information content (AvgIpc) is 3.43. The molecule has 0 fully saturated rings. The molecule has 29 heavy (non-hydrogen) atoms. The van der Waals surface area contributed by atoms with Gasteiger partial charge >= 0.3 is 5.97 Å². The predicted octanol–water partition coefficient (Wildman–Crippen LogP) is 5.22.